The molecule has 0 amide bonds. The van der Waals surface area contributed by atoms with E-state index < -0.39 is 14.9 Å². The van der Waals surface area contributed by atoms with E-state index in [1.165, 1.54) is 19.2 Å². The molecule has 0 atom stereocenters. The number of nitro benzene ring substituents is 1. The lowest BCUT2D eigenvalue weighted by atomic mass is 10.2. The predicted molar refractivity (Wildman–Crippen MR) is 78.8 cm³/mol. The number of nitro groups is 1. The van der Waals surface area contributed by atoms with Gasteiger partial charge in [0.1, 0.15) is 5.69 Å². The van der Waals surface area contributed by atoms with Gasteiger partial charge in [-0.2, -0.15) is 4.31 Å². The normalized spacial score (nSPS) is 11.6. The van der Waals surface area contributed by atoms with Gasteiger partial charge in [0.2, 0.25) is 10.0 Å². The molecule has 0 saturated carbocycles. The molecule has 0 bridgehead atoms. The number of anilines is 1. The summed E-state index contributed by atoms with van der Waals surface area (Å²) in [6.07, 6.45) is 0.749. The molecule has 0 aromatic heterocycles. The summed E-state index contributed by atoms with van der Waals surface area (Å²) in [4.78, 5) is 10.3. The van der Waals surface area contributed by atoms with Crippen LogP contribution in [-0.2, 0) is 10.0 Å². The molecular formula is C12H19N3O5S. The first-order valence-electron chi connectivity index (χ1n) is 6.44. The van der Waals surface area contributed by atoms with Gasteiger partial charge in [-0.05, 0) is 18.6 Å². The Morgan fingerprint density at radius 1 is 1.43 bits per heavy atom. The van der Waals surface area contributed by atoms with Crippen LogP contribution < -0.4 is 5.32 Å². The minimum atomic E-state index is -3.78. The molecule has 1 rings (SSSR count). The summed E-state index contributed by atoms with van der Waals surface area (Å²) < 4.78 is 25.5. The standard InChI is InChI=1S/C12H19N3O5S/c1-3-6-13-11-9-10(4-5-12(11)15(17)18)21(19,20)14(2)7-8-16/h4-5,9,13,16H,3,6-8H2,1-2H3. The Bertz CT molecular complexity index is 603. The number of sulfonamides is 1. The molecule has 1 aromatic carbocycles. The highest BCUT2D eigenvalue weighted by molar-refractivity contribution is 7.89. The zero-order chi connectivity index (χ0) is 16.0. The van der Waals surface area contributed by atoms with E-state index in [0.29, 0.717) is 6.54 Å². The van der Waals surface area contributed by atoms with Crippen molar-refractivity contribution in [3.05, 3.63) is 28.3 Å². The third-order valence-corrected chi connectivity index (χ3v) is 4.71. The summed E-state index contributed by atoms with van der Waals surface area (Å²) in [6.45, 7) is 2.05. The van der Waals surface area contributed by atoms with Crippen LogP contribution in [0.15, 0.2) is 23.1 Å². The van der Waals surface area contributed by atoms with Crippen molar-refractivity contribution in [1.29, 1.82) is 0 Å². The summed E-state index contributed by atoms with van der Waals surface area (Å²) in [5.41, 5.74) is -0.00691. The molecular weight excluding hydrogens is 298 g/mol. The quantitative estimate of drug-likeness (QED) is 0.547. The maximum atomic E-state index is 12.2. The Balaban J connectivity index is 3.23. The molecule has 8 nitrogen and oxygen atoms in total. The van der Waals surface area contributed by atoms with Crippen LogP contribution in [0.3, 0.4) is 0 Å². The average molecular weight is 317 g/mol. The van der Waals surface area contributed by atoms with Gasteiger partial charge in [-0.3, -0.25) is 10.1 Å². The van der Waals surface area contributed by atoms with Crippen LogP contribution in [0.25, 0.3) is 0 Å². The fraction of sp³-hybridized carbons (Fsp3) is 0.500. The summed E-state index contributed by atoms with van der Waals surface area (Å²) in [5, 5.41) is 22.6. The van der Waals surface area contributed by atoms with E-state index in [0.717, 1.165) is 16.8 Å². The number of nitrogens with zero attached hydrogens (tertiary/aromatic N) is 2. The lowest BCUT2D eigenvalue weighted by Crippen LogP contribution is -2.29. The van der Waals surface area contributed by atoms with Gasteiger partial charge in [0, 0.05) is 26.2 Å². The van der Waals surface area contributed by atoms with Crippen molar-refractivity contribution in [2.24, 2.45) is 0 Å². The maximum Gasteiger partial charge on any atom is 0.292 e. The Morgan fingerprint density at radius 2 is 2.10 bits per heavy atom. The number of aliphatic hydroxyl groups is 1. The van der Waals surface area contributed by atoms with E-state index >= 15 is 0 Å². The third kappa shape index (κ3) is 4.13. The largest absolute Gasteiger partial charge is 0.395 e. The highest BCUT2D eigenvalue weighted by Crippen LogP contribution is 2.28. The molecule has 0 radical (unpaired) electrons. The number of benzene rings is 1. The van der Waals surface area contributed by atoms with Crippen molar-refractivity contribution in [2.45, 2.75) is 18.2 Å². The molecule has 0 aliphatic heterocycles. The van der Waals surface area contributed by atoms with E-state index in [1.807, 2.05) is 6.92 Å². The van der Waals surface area contributed by atoms with Crippen LogP contribution >= 0.6 is 0 Å². The summed E-state index contributed by atoms with van der Waals surface area (Å²) in [6, 6.07) is 3.60. The first-order chi connectivity index (χ1) is 9.84. The lowest BCUT2D eigenvalue weighted by molar-refractivity contribution is -0.384. The third-order valence-electron chi connectivity index (χ3n) is 2.85. The zero-order valence-electron chi connectivity index (χ0n) is 11.9. The van der Waals surface area contributed by atoms with Gasteiger partial charge in [0.05, 0.1) is 16.4 Å². The molecule has 2 N–H and O–H groups in total. The van der Waals surface area contributed by atoms with Crippen LogP contribution in [0.4, 0.5) is 11.4 Å². The van der Waals surface area contributed by atoms with Crippen molar-refractivity contribution in [3.8, 4) is 0 Å². The maximum absolute atomic E-state index is 12.2. The Labute approximate surface area is 123 Å². The van der Waals surface area contributed by atoms with Crippen LogP contribution in [0.5, 0.6) is 0 Å². The smallest absolute Gasteiger partial charge is 0.292 e. The minimum Gasteiger partial charge on any atom is -0.395 e. The average Bonchev–Trinajstić information content (AvgIpc) is 2.44. The van der Waals surface area contributed by atoms with Gasteiger partial charge < -0.3 is 10.4 Å². The van der Waals surface area contributed by atoms with Crippen LogP contribution in [0, 0.1) is 10.1 Å². The van der Waals surface area contributed by atoms with Crippen molar-refractivity contribution in [1.82, 2.24) is 4.31 Å². The number of rotatable bonds is 8. The van der Waals surface area contributed by atoms with Gasteiger partial charge in [-0.25, -0.2) is 8.42 Å². The van der Waals surface area contributed by atoms with Crippen molar-refractivity contribution >= 4 is 21.4 Å². The van der Waals surface area contributed by atoms with Crippen LogP contribution in [0.1, 0.15) is 13.3 Å². The molecule has 0 spiro atoms. The van der Waals surface area contributed by atoms with Crippen LogP contribution in [-0.4, -0.2) is 49.5 Å². The summed E-state index contributed by atoms with van der Waals surface area (Å²) in [7, 11) is -2.44. The van der Waals surface area contributed by atoms with Gasteiger partial charge in [0.25, 0.3) is 5.69 Å². The molecule has 0 fully saturated rings. The molecule has 9 heteroatoms. The highest BCUT2D eigenvalue weighted by Gasteiger charge is 2.23. The van der Waals surface area contributed by atoms with E-state index in [1.54, 1.807) is 0 Å². The van der Waals surface area contributed by atoms with Gasteiger partial charge in [-0.15, -0.1) is 0 Å². The van der Waals surface area contributed by atoms with Gasteiger partial charge in [-0.1, -0.05) is 6.92 Å². The highest BCUT2D eigenvalue weighted by atomic mass is 32.2. The monoisotopic (exact) mass is 317 g/mol. The Kier molecular flexibility index (Phi) is 6.06. The van der Waals surface area contributed by atoms with Gasteiger partial charge in [0.15, 0.2) is 0 Å². The molecule has 118 valence electrons. The fourth-order valence-electron chi connectivity index (χ4n) is 1.68. The predicted octanol–water partition coefficient (Wildman–Crippen LogP) is 1.03. The molecule has 21 heavy (non-hydrogen) atoms. The van der Waals surface area contributed by atoms with E-state index in [9.17, 15) is 18.5 Å². The van der Waals surface area contributed by atoms with Crippen LogP contribution in [0.2, 0.25) is 0 Å². The van der Waals surface area contributed by atoms with Crippen molar-refractivity contribution in [3.63, 3.8) is 0 Å². The summed E-state index contributed by atoms with van der Waals surface area (Å²) in [5.74, 6) is 0. The lowest BCUT2D eigenvalue weighted by Gasteiger charge is -2.16. The topological polar surface area (TPSA) is 113 Å². The van der Waals surface area contributed by atoms with E-state index in [4.69, 9.17) is 5.11 Å². The molecule has 0 heterocycles. The second-order valence-corrected chi connectivity index (χ2v) is 6.46. The van der Waals surface area contributed by atoms with Gasteiger partial charge >= 0.3 is 0 Å². The molecule has 1 aromatic rings. The second kappa shape index (κ2) is 7.34. The minimum absolute atomic E-state index is 0.0446. The molecule has 0 aliphatic carbocycles. The number of hydrogen-bond donors (Lipinski definition) is 2. The number of aliphatic hydroxyl groups excluding tert-OH is 1. The second-order valence-electron chi connectivity index (χ2n) is 4.41. The Hall–Kier alpha value is -1.71. The zero-order valence-corrected chi connectivity index (χ0v) is 12.8. The number of hydrogen-bond acceptors (Lipinski definition) is 6. The van der Waals surface area contributed by atoms with E-state index in [2.05, 4.69) is 5.32 Å². The first-order valence-corrected chi connectivity index (χ1v) is 7.88. The fourth-order valence-corrected chi connectivity index (χ4v) is 2.87. The molecule has 0 saturated heterocycles. The number of likely N-dealkylation sites (N-methyl/N-ethyl adjacent to an activating group) is 1. The number of nitrogens with one attached hydrogen (secondary N) is 1. The first kappa shape index (κ1) is 17.3. The summed E-state index contributed by atoms with van der Waals surface area (Å²) >= 11 is 0. The molecule has 0 aliphatic rings. The van der Waals surface area contributed by atoms with Crippen molar-refractivity contribution in [2.75, 3.05) is 32.1 Å². The van der Waals surface area contributed by atoms with E-state index in [-0.39, 0.29) is 29.4 Å². The van der Waals surface area contributed by atoms with Crippen molar-refractivity contribution < 1.29 is 18.4 Å². The SMILES string of the molecule is CCCNc1cc(S(=O)(=O)N(C)CCO)ccc1[N+](=O)[O-]. The Morgan fingerprint density at radius 3 is 2.62 bits per heavy atom. The molecule has 0 unspecified atom stereocenters.